The lowest BCUT2D eigenvalue weighted by atomic mass is 10.0. The third-order valence-electron chi connectivity index (χ3n) is 4.12. The predicted octanol–water partition coefficient (Wildman–Crippen LogP) is 3.65. The second-order valence-corrected chi connectivity index (χ2v) is 8.23. The van der Waals surface area contributed by atoms with Gasteiger partial charge in [0.2, 0.25) is 5.91 Å². The lowest BCUT2D eigenvalue weighted by Gasteiger charge is -2.19. The first-order valence-corrected chi connectivity index (χ1v) is 10.0. The van der Waals surface area contributed by atoms with Crippen molar-refractivity contribution in [2.45, 2.75) is 17.7 Å². The van der Waals surface area contributed by atoms with Gasteiger partial charge in [0.25, 0.3) is 0 Å². The van der Waals surface area contributed by atoms with Crippen molar-refractivity contribution in [2.24, 2.45) is 0 Å². The summed E-state index contributed by atoms with van der Waals surface area (Å²) in [7, 11) is -4.08. The Morgan fingerprint density at radius 1 is 1.12 bits per heavy atom. The number of fused-ring (bicyclic) bond motifs is 2. The second-order valence-electron chi connectivity index (χ2n) is 5.86. The Balaban J connectivity index is 1.76. The quantitative estimate of drug-likeness (QED) is 0.638. The molecule has 0 saturated carbocycles. The van der Waals surface area contributed by atoms with Crippen molar-refractivity contribution in [1.82, 2.24) is 4.98 Å². The zero-order chi connectivity index (χ0) is 18.3. The van der Waals surface area contributed by atoms with Crippen LogP contribution < -0.4 is 9.50 Å². The molecule has 1 amide bonds. The third kappa shape index (κ3) is 3.06. The first kappa shape index (κ1) is 17.0. The SMILES string of the molecule is O=C1CCc2cc(S(=O)(=O)Oc3cccc4cccnc34)c(Br)cc2N1. The fourth-order valence-electron chi connectivity index (χ4n) is 2.88. The standard InChI is InChI=1S/C18H13BrN2O4S/c19-13-10-14-12(6-7-17(22)21-14)9-16(13)26(23,24)25-15-5-1-3-11-4-2-8-20-18(11)15/h1-5,8-10H,6-7H2,(H,21,22). The number of amides is 1. The van der Waals surface area contributed by atoms with E-state index in [1.807, 2.05) is 12.1 Å². The van der Waals surface area contributed by atoms with Crippen LogP contribution in [0.25, 0.3) is 10.9 Å². The number of aryl methyl sites for hydroxylation is 1. The molecule has 2 heterocycles. The van der Waals surface area contributed by atoms with E-state index in [-0.39, 0.29) is 16.6 Å². The average molecular weight is 433 g/mol. The molecule has 132 valence electrons. The highest BCUT2D eigenvalue weighted by Gasteiger charge is 2.25. The minimum Gasteiger partial charge on any atom is -0.377 e. The second kappa shape index (κ2) is 6.37. The van der Waals surface area contributed by atoms with Gasteiger partial charge < -0.3 is 9.50 Å². The summed E-state index contributed by atoms with van der Waals surface area (Å²) >= 11 is 3.27. The molecule has 2 aromatic carbocycles. The van der Waals surface area contributed by atoms with Crippen LogP contribution in [0.5, 0.6) is 5.75 Å². The van der Waals surface area contributed by atoms with Gasteiger partial charge in [0.15, 0.2) is 5.75 Å². The summed E-state index contributed by atoms with van der Waals surface area (Å²) in [6, 6.07) is 11.8. The lowest BCUT2D eigenvalue weighted by Crippen LogP contribution is -2.20. The topological polar surface area (TPSA) is 85.4 Å². The Labute approximate surface area is 158 Å². The molecule has 26 heavy (non-hydrogen) atoms. The van der Waals surface area contributed by atoms with E-state index in [0.29, 0.717) is 28.5 Å². The number of hydrogen-bond donors (Lipinski definition) is 1. The number of nitrogens with zero attached hydrogens (tertiary/aromatic N) is 1. The van der Waals surface area contributed by atoms with Gasteiger partial charge in [-0.15, -0.1) is 0 Å². The minimum absolute atomic E-state index is 0.0142. The maximum Gasteiger partial charge on any atom is 0.340 e. The van der Waals surface area contributed by atoms with Crippen LogP contribution in [0.15, 0.2) is 58.0 Å². The van der Waals surface area contributed by atoms with E-state index in [1.165, 1.54) is 6.07 Å². The molecule has 8 heteroatoms. The van der Waals surface area contributed by atoms with Gasteiger partial charge in [0, 0.05) is 28.2 Å². The van der Waals surface area contributed by atoms with Gasteiger partial charge in [-0.25, -0.2) is 0 Å². The number of para-hydroxylation sites is 1. The van der Waals surface area contributed by atoms with E-state index in [0.717, 1.165) is 10.9 Å². The first-order chi connectivity index (χ1) is 12.4. The van der Waals surface area contributed by atoms with Crippen molar-refractivity contribution < 1.29 is 17.4 Å². The van der Waals surface area contributed by atoms with Crippen molar-refractivity contribution in [3.63, 3.8) is 0 Å². The monoisotopic (exact) mass is 432 g/mol. The van der Waals surface area contributed by atoms with E-state index in [4.69, 9.17) is 4.18 Å². The highest BCUT2D eigenvalue weighted by Crippen LogP contribution is 2.34. The van der Waals surface area contributed by atoms with E-state index in [9.17, 15) is 13.2 Å². The number of nitrogens with one attached hydrogen (secondary N) is 1. The van der Waals surface area contributed by atoms with Crippen LogP contribution >= 0.6 is 15.9 Å². The van der Waals surface area contributed by atoms with Crippen LogP contribution in [0.1, 0.15) is 12.0 Å². The minimum atomic E-state index is -4.08. The summed E-state index contributed by atoms with van der Waals surface area (Å²) in [4.78, 5) is 15.7. The zero-order valence-electron chi connectivity index (χ0n) is 13.4. The molecule has 1 aliphatic rings. The number of pyridine rings is 1. The normalized spacial score (nSPS) is 14.0. The molecule has 0 saturated heterocycles. The molecular weight excluding hydrogens is 420 g/mol. The molecule has 1 aliphatic heterocycles. The molecule has 3 aromatic rings. The highest BCUT2D eigenvalue weighted by atomic mass is 79.9. The lowest BCUT2D eigenvalue weighted by molar-refractivity contribution is -0.116. The maximum atomic E-state index is 12.8. The van der Waals surface area contributed by atoms with Crippen molar-refractivity contribution in [1.29, 1.82) is 0 Å². The van der Waals surface area contributed by atoms with Gasteiger partial charge in [0.05, 0.1) is 0 Å². The average Bonchev–Trinajstić information content (AvgIpc) is 2.61. The fraction of sp³-hybridized carbons (Fsp3) is 0.111. The molecular formula is C18H13BrN2O4S. The van der Waals surface area contributed by atoms with Crippen molar-refractivity contribution in [3.8, 4) is 5.75 Å². The van der Waals surface area contributed by atoms with Gasteiger partial charge in [0.1, 0.15) is 10.4 Å². The largest absolute Gasteiger partial charge is 0.377 e. The van der Waals surface area contributed by atoms with E-state index in [2.05, 4.69) is 26.2 Å². The summed E-state index contributed by atoms with van der Waals surface area (Å²) in [5, 5.41) is 3.52. The number of carbonyl (C=O) groups excluding carboxylic acids is 1. The number of carbonyl (C=O) groups is 1. The molecule has 0 unspecified atom stereocenters. The van der Waals surface area contributed by atoms with Crippen LogP contribution in [0.2, 0.25) is 0 Å². The Bertz CT molecular complexity index is 1140. The fourth-order valence-corrected chi connectivity index (χ4v) is 4.86. The van der Waals surface area contributed by atoms with Gasteiger partial charge in [-0.2, -0.15) is 8.42 Å². The molecule has 1 N–H and O–H groups in total. The molecule has 0 atom stereocenters. The first-order valence-electron chi connectivity index (χ1n) is 7.84. The Hall–Kier alpha value is -2.45. The number of benzene rings is 2. The van der Waals surface area contributed by atoms with E-state index >= 15 is 0 Å². The van der Waals surface area contributed by atoms with Gasteiger partial charge in [-0.1, -0.05) is 18.2 Å². The van der Waals surface area contributed by atoms with Crippen molar-refractivity contribution in [3.05, 3.63) is 58.7 Å². The summed E-state index contributed by atoms with van der Waals surface area (Å²) in [5.74, 6) is 0.0825. The highest BCUT2D eigenvalue weighted by molar-refractivity contribution is 9.10. The number of aromatic nitrogens is 1. The van der Waals surface area contributed by atoms with E-state index in [1.54, 1.807) is 30.5 Å². The van der Waals surface area contributed by atoms with Crippen LogP contribution in [0.3, 0.4) is 0 Å². The van der Waals surface area contributed by atoms with Crippen LogP contribution in [0.4, 0.5) is 5.69 Å². The smallest absolute Gasteiger partial charge is 0.340 e. The van der Waals surface area contributed by atoms with Gasteiger partial charge in [-0.3, -0.25) is 9.78 Å². The van der Waals surface area contributed by atoms with Crippen molar-refractivity contribution >= 4 is 48.5 Å². The maximum absolute atomic E-state index is 12.8. The number of rotatable bonds is 3. The molecule has 6 nitrogen and oxygen atoms in total. The number of halogens is 1. The Kier molecular flexibility index (Phi) is 4.16. The van der Waals surface area contributed by atoms with Crippen molar-refractivity contribution in [2.75, 3.05) is 5.32 Å². The molecule has 1 aromatic heterocycles. The molecule has 4 rings (SSSR count). The molecule has 0 spiro atoms. The van der Waals surface area contributed by atoms with Gasteiger partial charge >= 0.3 is 10.1 Å². The molecule has 0 bridgehead atoms. The zero-order valence-corrected chi connectivity index (χ0v) is 15.8. The summed E-state index contributed by atoms with van der Waals surface area (Å²) in [6.07, 6.45) is 2.38. The molecule has 0 radical (unpaired) electrons. The predicted molar refractivity (Wildman–Crippen MR) is 101 cm³/mol. The van der Waals surface area contributed by atoms with Crippen LogP contribution in [-0.4, -0.2) is 19.3 Å². The Morgan fingerprint density at radius 2 is 1.92 bits per heavy atom. The third-order valence-corrected chi connectivity index (χ3v) is 6.31. The number of anilines is 1. The summed E-state index contributed by atoms with van der Waals surface area (Å²) in [6.45, 7) is 0. The van der Waals surface area contributed by atoms with Gasteiger partial charge in [-0.05, 0) is 52.2 Å². The Morgan fingerprint density at radius 3 is 2.77 bits per heavy atom. The summed E-state index contributed by atoms with van der Waals surface area (Å²) < 4.78 is 31.4. The summed E-state index contributed by atoms with van der Waals surface area (Å²) in [5.41, 5.74) is 1.84. The molecule has 0 fully saturated rings. The van der Waals surface area contributed by atoms with Crippen LogP contribution in [0, 0.1) is 0 Å². The molecule has 0 aliphatic carbocycles. The van der Waals surface area contributed by atoms with Crippen LogP contribution in [-0.2, 0) is 21.3 Å². The van der Waals surface area contributed by atoms with E-state index < -0.39 is 10.1 Å². The number of hydrogen-bond acceptors (Lipinski definition) is 5.